The smallest absolute Gasteiger partial charge is 0.243 e. The number of unbranched alkanes of at least 4 members (excludes halogenated alkanes) is 1. The first kappa shape index (κ1) is 22.5. The van der Waals surface area contributed by atoms with Gasteiger partial charge in [0.15, 0.2) is 5.96 Å². The summed E-state index contributed by atoms with van der Waals surface area (Å²) in [5, 5.41) is 6.87. The fourth-order valence-corrected chi connectivity index (χ4v) is 2.32. The summed E-state index contributed by atoms with van der Waals surface area (Å²) in [5.41, 5.74) is 0. The number of carbonyl (C=O) groups is 1. The molecule has 0 aliphatic heterocycles. The van der Waals surface area contributed by atoms with Gasteiger partial charge in [0.2, 0.25) is 5.91 Å². The third kappa shape index (κ3) is 9.37. The van der Waals surface area contributed by atoms with Crippen LogP contribution < -0.4 is 10.6 Å². The molecule has 136 valence electrons. The van der Waals surface area contributed by atoms with Gasteiger partial charge in [0.05, 0.1) is 0 Å². The molecule has 0 aromatic rings. The molecule has 2 N–H and O–H groups in total. The molecule has 0 spiro atoms. The number of halogens is 1. The summed E-state index contributed by atoms with van der Waals surface area (Å²) in [6.45, 7) is 7.84. The van der Waals surface area contributed by atoms with E-state index in [1.54, 1.807) is 19.0 Å². The molecule has 1 rings (SSSR count). The highest BCUT2D eigenvalue weighted by Crippen LogP contribution is 2.28. The molecule has 0 radical (unpaired) electrons. The van der Waals surface area contributed by atoms with Gasteiger partial charge in [0.1, 0.15) is 6.54 Å². The van der Waals surface area contributed by atoms with Gasteiger partial charge in [-0.2, -0.15) is 0 Å². The molecule has 6 heteroatoms. The van der Waals surface area contributed by atoms with Gasteiger partial charge in [-0.05, 0) is 24.7 Å². The van der Waals surface area contributed by atoms with E-state index in [-0.39, 0.29) is 36.4 Å². The van der Waals surface area contributed by atoms with Crippen molar-refractivity contribution in [3.63, 3.8) is 0 Å². The minimum atomic E-state index is 0. The number of amides is 1. The lowest BCUT2D eigenvalue weighted by atomic mass is 9.99. The molecule has 1 amide bonds. The van der Waals surface area contributed by atoms with Crippen LogP contribution in [0.3, 0.4) is 0 Å². The molecule has 0 aromatic carbocycles. The van der Waals surface area contributed by atoms with Gasteiger partial charge in [-0.15, -0.1) is 24.0 Å². The Kier molecular flexibility index (Phi) is 11.6. The van der Waals surface area contributed by atoms with E-state index in [0.29, 0.717) is 17.9 Å². The predicted octanol–water partition coefficient (Wildman–Crippen LogP) is 2.85. The predicted molar refractivity (Wildman–Crippen MR) is 108 cm³/mol. The van der Waals surface area contributed by atoms with Crippen molar-refractivity contribution < 1.29 is 4.79 Å². The average molecular weight is 438 g/mol. The molecule has 3 atom stereocenters. The first-order chi connectivity index (χ1) is 10.5. The Morgan fingerprint density at radius 1 is 1.35 bits per heavy atom. The van der Waals surface area contributed by atoms with Crippen LogP contribution in [0.1, 0.15) is 52.9 Å². The van der Waals surface area contributed by atoms with Crippen molar-refractivity contribution in [2.24, 2.45) is 16.8 Å². The molecule has 5 nitrogen and oxygen atoms in total. The fourth-order valence-electron chi connectivity index (χ4n) is 2.32. The van der Waals surface area contributed by atoms with Gasteiger partial charge in [0, 0.05) is 26.7 Å². The molecule has 0 bridgehead atoms. The minimum Gasteiger partial charge on any atom is -0.356 e. The Balaban J connectivity index is 0.00000484. The molecule has 3 unspecified atom stereocenters. The van der Waals surface area contributed by atoms with E-state index in [0.717, 1.165) is 12.5 Å². The second-order valence-corrected chi connectivity index (χ2v) is 6.71. The maximum Gasteiger partial charge on any atom is 0.243 e. The molecule has 0 saturated heterocycles. The number of nitrogens with zero attached hydrogens (tertiary/aromatic N) is 2. The molecule has 0 heterocycles. The summed E-state index contributed by atoms with van der Waals surface area (Å²) in [6, 6.07) is 0.511. The summed E-state index contributed by atoms with van der Waals surface area (Å²) >= 11 is 0. The molecule has 1 saturated carbocycles. The number of guanidine groups is 1. The topological polar surface area (TPSA) is 56.7 Å². The molecule has 1 aliphatic rings. The zero-order valence-electron chi connectivity index (χ0n) is 15.4. The highest BCUT2D eigenvalue weighted by atomic mass is 127. The molecule has 0 aromatic heterocycles. The number of carbonyl (C=O) groups excluding carboxylic acids is 1. The van der Waals surface area contributed by atoms with Gasteiger partial charge < -0.3 is 15.5 Å². The molecular weight excluding hydrogens is 403 g/mol. The van der Waals surface area contributed by atoms with E-state index in [1.165, 1.54) is 32.1 Å². The number of hydrogen-bond donors (Lipinski definition) is 2. The van der Waals surface area contributed by atoms with Crippen molar-refractivity contribution in [2.45, 2.75) is 58.9 Å². The normalized spacial score (nSPS) is 21.2. The highest BCUT2D eigenvalue weighted by molar-refractivity contribution is 14.0. The first-order valence-corrected chi connectivity index (χ1v) is 8.72. The van der Waals surface area contributed by atoms with Crippen molar-refractivity contribution in [3.05, 3.63) is 0 Å². The Morgan fingerprint density at radius 3 is 2.48 bits per heavy atom. The first-order valence-electron chi connectivity index (χ1n) is 8.72. The summed E-state index contributed by atoms with van der Waals surface area (Å²) in [6.07, 6.45) is 6.14. The zero-order chi connectivity index (χ0) is 16.5. The van der Waals surface area contributed by atoms with Crippen LogP contribution in [0.15, 0.2) is 4.99 Å². The Bertz CT molecular complexity index is 374. The standard InChI is InChI=1S/C17H34N4O.HI/c1-6-8-9-14(7-2)11-18-17(20-15-10-13(15)3)19-12-16(22)21(4)5;/h13-15H,6-12H2,1-5H3,(H2,18,19,20);1H. The van der Waals surface area contributed by atoms with E-state index in [1.807, 2.05) is 0 Å². The van der Waals surface area contributed by atoms with E-state index in [4.69, 9.17) is 0 Å². The number of hydrogen-bond acceptors (Lipinski definition) is 2. The van der Waals surface area contributed by atoms with Gasteiger partial charge in [-0.1, -0.05) is 40.0 Å². The van der Waals surface area contributed by atoms with Gasteiger partial charge in [-0.3, -0.25) is 4.79 Å². The Labute approximate surface area is 159 Å². The van der Waals surface area contributed by atoms with Crippen molar-refractivity contribution in [2.75, 3.05) is 27.2 Å². The maximum atomic E-state index is 11.7. The van der Waals surface area contributed by atoms with Crippen molar-refractivity contribution in [3.8, 4) is 0 Å². The van der Waals surface area contributed by atoms with E-state index in [2.05, 4.69) is 36.4 Å². The molecule has 1 fully saturated rings. The third-order valence-corrected chi connectivity index (χ3v) is 4.40. The van der Waals surface area contributed by atoms with Crippen LogP contribution in [-0.2, 0) is 4.79 Å². The Morgan fingerprint density at radius 2 is 2.00 bits per heavy atom. The number of aliphatic imine (C=N–C) groups is 1. The fraction of sp³-hybridized carbons (Fsp3) is 0.882. The molecule has 1 aliphatic carbocycles. The van der Waals surface area contributed by atoms with E-state index in [9.17, 15) is 4.79 Å². The second-order valence-electron chi connectivity index (χ2n) is 6.71. The second kappa shape index (κ2) is 11.9. The summed E-state index contributed by atoms with van der Waals surface area (Å²) in [7, 11) is 3.53. The lowest BCUT2D eigenvalue weighted by Gasteiger charge is -2.18. The van der Waals surface area contributed by atoms with E-state index >= 15 is 0 Å². The summed E-state index contributed by atoms with van der Waals surface area (Å²) in [5.74, 6) is 2.20. The van der Waals surface area contributed by atoms with Gasteiger partial charge >= 0.3 is 0 Å². The van der Waals surface area contributed by atoms with Crippen LogP contribution in [0.25, 0.3) is 0 Å². The highest BCUT2D eigenvalue weighted by Gasteiger charge is 2.33. The van der Waals surface area contributed by atoms with Crippen molar-refractivity contribution in [1.82, 2.24) is 15.5 Å². The zero-order valence-corrected chi connectivity index (χ0v) is 17.7. The third-order valence-electron chi connectivity index (χ3n) is 4.40. The maximum absolute atomic E-state index is 11.7. The Hall–Kier alpha value is -0.530. The van der Waals surface area contributed by atoms with Crippen LogP contribution in [0.4, 0.5) is 0 Å². The lowest BCUT2D eigenvalue weighted by molar-refractivity contribution is -0.127. The van der Waals surface area contributed by atoms with Crippen LogP contribution >= 0.6 is 24.0 Å². The monoisotopic (exact) mass is 438 g/mol. The quantitative estimate of drug-likeness (QED) is 0.331. The van der Waals surface area contributed by atoms with Gasteiger partial charge in [0.25, 0.3) is 0 Å². The number of nitrogens with one attached hydrogen (secondary N) is 2. The summed E-state index contributed by atoms with van der Waals surface area (Å²) in [4.78, 5) is 17.7. The molecular formula is C17H35IN4O. The van der Waals surface area contributed by atoms with Gasteiger partial charge in [-0.25, -0.2) is 4.99 Å². The van der Waals surface area contributed by atoms with Crippen LogP contribution in [0.5, 0.6) is 0 Å². The average Bonchev–Trinajstić information content (AvgIpc) is 3.19. The van der Waals surface area contributed by atoms with Crippen molar-refractivity contribution in [1.29, 1.82) is 0 Å². The minimum absolute atomic E-state index is 0. The lowest BCUT2D eigenvalue weighted by Crippen LogP contribution is -2.42. The molecule has 23 heavy (non-hydrogen) atoms. The number of likely N-dealkylation sites (N-methyl/N-ethyl adjacent to an activating group) is 1. The van der Waals surface area contributed by atoms with Crippen LogP contribution in [-0.4, -0.2) is 50.0 Å². The van der Waals surface area contributed by atoms with E-state index < -0.39 is 0 Å². The summed E-state index contributed by atoms with van der Waals surface area (Å²) < 4.78 is 0. The largest absolute Gasteiger partial charge is 0.356 e. The van der Waals surface area contributed by atoms with Crippen molar-refractivity contribution >= 4 is 35.8 Å². The van der Waals surface area contributed by atoms with Crippen LogP contribution in [0, 0.1) is 11.8 Å². The SMILES string of the molecule is CCCCC(CC)CNC(=NCC(=O)N(C)C)NC1CC1C.I. The number of rotatable bonds is 9. The van der Waals surface area contributed by atoms with Crippen LogP contribution in [0.2, 0.25) is 0 Å².